The minimum Gasteiger partial charge on any atom is -0.448 e. The first-order valence-electron chi connectivity index (χ1n) is 5.99. The van der Waals surface area contributed by atoms with Gasteiger partial charge >= 0.3 is 0 Å². The number of furan rings is 1. The number of nitrogens with zero attached hydrogens (tertiary/aromatic N) is 1. The van der Waals surface area contributed by atoms with E-state index in [0.717, 1.165) is 10.6 Å². The number of nitrogens with one attached hydrogen (secondary N) is 1. The predicted octanol–water partition coefficient (Wildman–Crippen LogP) is 3.67. The summed E-state index contributed by atoms with van der Waals surface area (Å²) >= 11 is 4.84. The number of hydrogen-bond acceptors (Lipinski definition) is 4. The summed E-state index contributed by atoms with van der Waals surface area (Å²) in [5, 5.41) is 3.83. The van der Waals surface area contributed by atoms with Crippen molar-refractivity contribution >= 4 is 39.8 Å². The normalized spacial score (nSPS) is 10.8. The van der Waals surface area contributed by atoms with Crippen LogP contribution in [0.5, 0.6) is 0 Å². The number of rotatable bonds is 6. The van der Waals surface area contributed by atoms with Gasteiger partial charge in [0.25, 0.3) is 0 Å². The fourth-order valence-electron chi connectivity index (χ4n) is 1.40. The molecule has 1 aromatic carbocycles. The Bertz CT molecular complexity index is 584. The summed E-state index contributed by atoms with van der Waals surface area (Å²) in [7, 11) is 0. The van der Waals surface area contributed by atoms with Gasteiger partial charge in [-0.25, -0.2) is 5.43 Å². The molecular formula is C14H13BrN2O2S. The summed E-state index contributed by atoms with van der Waals surface area (Å²) in [6, 6.07) is 13.5. The molecule has 4 nitrogen and oxygen atoms in total. The summed E-state index contributed by atoms with van der Waals surface area (Å²) < 4.78 is 5.85. The van der Waals surface area contributed by atoms with Gasteiger partial charge < -0.3 is 4.42 Å². The van der Waals surface area contributed by atoms with E-state index in [1.807, 2.05) is 30.3 Å². The van der Waals surface area contributed by atoms with Crippen molar-refractivity contribution in [2.45, 2.75) is 11.3 Å². The van der Waals surface area contributed by atoms with Gasteiger partial charge in [0.1, 0.15) is 5.76 Å². The molecular weight excluding hydrogens is 340 g/mol. The molecule has 1 amide bonds. The molecule has 0 saturated carbocycles. The fourth-order valence-corrected chi connectivity index (χ4v) is 2.59. The van der Waals surface area contributed by atoms with E-state index in [4.69, 9.17) is 4.42 Å². The van der Waals surface area contributed by atoms with Crippen LogP contribution in [-0.4, -0.2) is 17.9 Å². The van der Waals surface area contributed by atoms with Crippen LogP contribution in [0.1, 0.15) is 12.2 Å². The molecule has 0 aliphatic rings. The largest absolute Gasteiger partial charge is 0.448 e. The average Bonchev–Trinajstić information content (AvgIpc) is 2.86. The third-order valence-electron chi connectivity index (χ3n) is 2.32. The number of halogens is 1. The van der Waals surface area contributed by atoms with Gasteiger partial charge in [-0.3, -0.25) is 4.79 Å². The summed E-state index contributed by atoms with van der Waals surface area (Å²) in [6.07, 6.45) is 1.88. The molecule has 0 atom stereocenters. The molecule has 20 heavy (non-hydrogen) atoms. The van der Waals surface area contributed by atoms with Crippen LogP contribution in [0.15, 0.2) is 61.5 Å². The van der Waals surface area contributed by atoms with Crippen molar-refractivity contribution in [3.8, 4) is 0 Å². The van der Waals surface area contributed by atoms with Crippen LogP contribution < -0.4 is 5.43 Å². The highest BCUT2D eigenvalue weighted by Gasteiger charge is 2.01. The highest BCUT2D eigenvalue weighted by molar-refractivity contribution is 9.10. The quantitative estimate of drug-likeness (QED) is 0.490. The smallest absolute Gasteiger partial charge is 0.240 e. The summed E-state index contributed by atoms with van der Waals surface area (Å²) in [4.78, 5) is 12.7. The van der Waals surface area contributed by atoms with E-state index >= 15 is 0 Å². The van der Waals surface area contributed by atoms with E-state index in [1.165, 1.54) is 6.21 Å². The number of hydrogen-bond donors (Lipinski definition) is 1. The molecule has 6 heteroatoms. The molecule has 1 aromatic heterocycles. The first-order valence-corrected chi connectivity index (χ1v) is 7.77. The van der Waals surface area contributed by atoms with Crippen LogP contribution in [0.3, 0.4) is 0 Å². The number of carbonyl (C=O) groups excluding carboxylic acids is 1. The Balaban J connectivity index is 1.67. The highest BCUT2D eigenvalue weighted by Crippen LogP contribution is 2.17. The fraction of sp³-hybridized carbons (Fsp3) is 0.143. The molecule has 1 heterocycles. The van der Waals surface area contributed by atoms with Crippen LogP contribution in [0.4, 0.5) is 0 Å². The molecule has 0 saturated heterocycles. The standard InChI is InChI=1S/C14H13BrN2O2S/c15-13-7-6-11(19-13)10-16-17-14(18)8-9-20-12-4-2-1-3-5-12/h1-7,10H,8-9H2,(H,17,18)/b16-10-. The zero-order valence-electron chi connectivity index (χ0n) is 10.6. The molecule has 0 spiro atoms. The predicted molar refractivity (Wildman–Crippen MR) is 83.9 cm³/mol. The second kappa shape index (κ2) is 7.91. The van der Waals surface area contributed by atoms with Crippen molar-refractivity contribution in [1.29, 1.82) is 0 Å². The Kier molecular flexibility index (Phi) is 5.88. The zero-order valence-corrected chi connectivity index (χ0v) is 13.0. The summed E-state index contributed by atoms with van der Waals surface area (Å²) in [6.45, 7) is 0. The molecule has 1 N–H and O–H groups in total. The van der Waals surface area contributed by atoms with Gasteiger partial charge in [-0.1, -0.05) is 18.2 Å². The SMILES string of the molecule is O=C(CCSc1ccccc1)N/N=C\c1ccc(Br)o1. The molecule has 0 aliphatic carbocycles. The zero-order chi connectivity index (χ0) is 14.2. The lowest BCUT2D eigenvalue weighted by atomic mass is 10.4. The molecule has 0 radical (unpaired) electrons. The Hall–Kier alpha value is -1.53. The Morgan fingerprint density at radius 2 is 2.10 bits per heavy atom. The minimum atomic E-state index is -0.115. The van der Waals surface area contributed by atoms with E-state index in [-0.39, 0.29) is 5.91 Å². The van der Waals surface area contributed by atoms with E-state index in [0.29, 0.717) is 16.9 Å². The number of hydrazone groups is 1. The molecule has 2 aromatic rings. The van der Waals surface area contributed by atoms with Gasteiger partial charge in [-0.2, -0.15) is 5.10 Å². The minimum absolute atomic E-state index is 0.115. The molecule has 0 unspecified atom stereocenters. The third-order valence-corrected chi connectivity index (χ3v) is 3.76. The van der Waals surface area contributed by atoms with Crippen LogP contribution >= 0.6 is 27.7 Å². The van der Waals surface area contributed by atoms with Gasteiger partial charge in [0.05, 0.1) is 6.21 Å². The van der Waals surface area contributed by atoms with Gasteiger partial charge in [-0.15, -0.1) is 11.8 Å². The number of thioether (sulfide) groups is 1. The summed E-state index contributed by atoms with van der Waals surface area (Å²) in [5.74, 6) is 1.18. The first-order chi connectivity index (χ1) is 9.74. The number of amides is 1. The molecule has 0 fully saturated rings. The van der Waals surface area contributed by atoms with E-state index in [9.17, 15) is 4.79 Å². The Morgan fingerprint density at radius 1 is 1.30 bits per heavy atom. The maximum atomic E-state index is 11.6. The molecule has 0 aliphatic heterocycles. The van der Waals surface area contributed by atoms with Crippen molar-refractivity contribution in [3.63, 3.8) is 0 Å². The van der Waals surface area contributed by atoms with Crippen LogP contribution in [0.25, 0.3) is 0 Å². The van der Waals surface area contributed by atoms with Crippen molar-refractivity contribution in [3.05, 3.63) is 52.9 Å². The van der Waals surface area contributed by atoms with Crippen LogP contribution in [0.2, 0.25) is 0 Å². The molecule has 0 bridgehead atoms. The van der Waals surface area contributed by atoms with Crippen LogP contribution in [0, 0.1) is 0 Å². The molecule has 2 rings (SSSR count). The second-order valence-electron chi connectivity index (χ2n) is 3.85. The summed E-state index contributed by atoms with van der Waals surface area (Å²) in [5.41, 5.74) is 2.47. The van der Waals surface area contributed by atoms with E-state index < -0.39 is 0 Å². The third kappa shape index (κ3) is 5.22. The van der Waals surface area contributed by atoms with Gasteiger partial charge in [-0.05, 0) is 40.2 Å². The number of carbonyl (C=O) groups is 1. The van der Waals surface area contributed by atoms with E-state index in [2.05, 4.69) is 26.5 Å². The van der Waals surface area contributed by atoms with Crippen molar-refractivity contribution in [2.24, 2.45) is 5.10 Å². The lowest BCUT2D eigenvalue weighted by Crippen LogP contribution is -2.17. The Labute approximate surface area is 129 Å². The lowest BCUT2D eigenvalue weighted by Gasteiger charge is -2.00. The van der Waals surface area contributed by atoms with Gasteiger partial charge in [0.15, 0.2) is 4.67 Å². The van der Waals surface area contributed by atoms with Crippen molar-refractivity contribution in [1.82, 2.24) is 5.43 Å². The first kappa shape index (κ1) is 14.9. The lowest BCUT2D eigenvalue weighted by molar-refractivity contribution is -0.120. The maximum absolute atomic E-state index is 11.6. The monoisotopic (exact) mass is 352 g/mol. The second-order valence-corrected chi connectivity index (χ2v) is 5.80. The molecule has 104 valence electrons. The topological polar surface area (TPSA) is 54.6 Å². The number of benzene rings is 1. The van der Waals surface area contributed by atoms with Crippen molar-refractivity contribution < 1.29 is 9.21 Å². The maximum Gasteiger partial charge on any atom is 0.240 e. The van der Waals surface area contributed by atoms with Gasteiger partial charge in [0.2, 0.25) is 5.91 Å². The average molecular weight is 353 g/mol. The van der Waals surface area contributed by atoms with E-state index in [1.54, 1.807) is 23.9 Å². The van der Waals surface area contributed by atoms with Gasteiger partial charge in [0, 0.05) is 17.1 Å². The Morgan fingerprint density at radius 3 is 2.80 bits per heavy atom. The highest BCUT2D eigenvalue weighted by atomic mass is 79.9. The van der Waals surface area contributed by atoms with Crippen molar-refractivity contribution in [2.75, 3.05) is 5.75 Å². The van der Waals surface area contributed by atoms with Crippen LogP contribution in [-0.2, 0) is 4.79 Å².